The molecule has 2 rings (SSSR count). The Hall–Kier alpha value is -1.92. The number of hydrogen-bond acceptors (Lipinski definition) is 2. The lowest BCUT2D eigenvalue weighted by atomic mass is 10.1. The number of amidine groups is 1. The summed E-state index contributed by atoms with van der Waals surface area (Å²) in [7, 11) is 0. The van der Waals surface area contributed by atoms with Gasteiger partial charge in [0.2, 0.25) is 5.91 Å². The molecule has 3 nitrogen and oxygen atoms in total. The summed E-state index contributed by atoms with van der Waals surface area (Å²) in [4.78, 5) is 14.5. The van der Waals surface area contributed by atoms with Gasteiger partial charge in [0, 0.05) is 5.56 Å². The van der Waals surface area contributed by atoms with Crippen molar-refractivity contribution in [2.45, 2.75) is 6.18 Å². The first-order chi connectivity index (χ1) is 7.88. The highest BCUT2D eigenvalue weighted by atomic mass is 19.4. The van der Waals surface area contributed by atoms with Crippen LogP contribution in [0.1, 0.15) is 11.1 Å². The first-order valence-electron chi connectivity index (χ1n) is 4.59. The van der Waals surface area contributed by atoms with Crippen molar-refractivity contribution in [2.75, 3.05) is 6.54 Å². The summed E-state index contributed by atoms with van der Waals surface area (Å²) in [6.45, 7) is -0.247. The number of rotatable bonds is 1. The summed E-state index contributed by atoms with van der Waals surface area (Å²) in [6, 6.07) is 2.04. The second-order valence-electron chi connectivity index (χ2n) is 3.40. The van der Waals surface area contributed by atoms with Crippen molar-refractivity contribution in [3.05, 3.63) is 35.1 Å². The second kappa shape index (κ2) is 3.83. The first-order valence-corrected chi connectivity index (χ1v) is 4.59. The van der Waals surface area contributed by atoms with Crippen molar-refractivity contribution >= 4 is 11.7 Å². The average molecular weight is 246 g/mol. The fraction of sp³-hybridized carbons (Fsp3) is 0.200. The maximum atomic E-state index is 13.0. The SMILES string of the molecule is O=C1CN=C(c2cc(F)ccc2C(F)(F)F)N1. The lowest BCUT2D eigenvalue weighted by molar-refractivity contribution is -0.137. The molecule has 90 valence electrons. The van der Waals surface area contributed by atoms with Gasteiger partial charge in [0.05, 0.1) is 5.56 Å². The van der Waals surface area contributed by atoms with Gasteiger partial charge in [-0.2, -0.15) is 13.2 Å². The van der Waals surface area contributed by atoms with Gasteiger partial charge in [-0.15, -0.1) is 0 Å². The molecule has 0 spiro atoms. The second-order valence-corrected chi connectivity index (χ2v) is 3.40. The van der Waals surface area contributed by atoms with Gasteiger partial charge in [0.1, 0.15) is 18.2 Å². The number of benzene rings is 1. The van der Waals surface area contributed by atoms with E-state index in [-0.39, 0.29) is 12.4 Å². The van der Waals surface area contributed by atoms with Crippen LogP contribution in [-0.2, 0) is 11.0 Å². The van der Waals surface area contributed by atoms with Crippen LogP contribution in [0.2, 0.25) is 0 Å². The highest BCUT2D eigenvalue weighted by Gasteiger charge is 2.35. The smallest absolute Gasteiger partial charge is 0.309 e. The van der Waals surface area contributed by atoms with E-state index in [1.807, 2.05) is 0 Å². The molecular formula is C10H6F4N2O. The van der Waals surface area contributed by atoms with Crippen LogP contribution in [0, 0.1) is 5.82 Å². The molecule has 0 fully saturated rings. The molecule has 0 unspecified atom stereocenters. The summed E-state index contributed by atoms with van der Waals surface area (Å²) >= 11 is 0. The van der Waals surface area contributed by atoms with Crippen molar-refractivity contribution < 1.29 is 22.4 Å². The minimum atomic E-state index is -4.63. The van der Waals surface area contributed by atoms with E-state index < -0.39 is 29.0 Å². The van der Waals surface area contributed by atoms with Gasteiger partial charge in [-0.3, -0.25) is 9.79 Å². The van der Waals surface area contributed by atoms with Crippen molar-refractivity contribution in [2.24, 2.45) is 4.99 Å². The Morgan fingerprint density at radius 3 is 2.53 bits per heavy atom. The Morgan fingerprint density at radius 2 is 2.00 bits per heavy atom. The highest BCUT2D eigenvalue weighted by molar-refractivity contribution is 6.13. The van der Waals surface area contributed by atoms with Crippen molar-refractivity contribution in [3.63, 3.8) is 0 Å². The van der Waals surface area contributed by atoms with Crippen LogP contribution >= 0.6 is 0 Å². The number of alkyl halides is 3. The molecule has 0 bridgehead atoms. The highest BCUT2D eigenvalue weighted by Crippen LogP contribution is 2.32. The van der Waals surface area contributed by atoms with E-state index in [1.54, 1.807) is 0 Å². The van der Waals surface area contributed by atoms with Crippen LogP contribution in [0.3, 0.4) is 0 Å². The van der Waals surface area contributed by atoms with Crippen molar-refractivity contribution in [3.8, 4) is 0 Å². The Kier molecular flexibility index (Phi) is 2.60. The molecular weight excluding hydrogens is 240 g/mol. The van der Waals surface area contributed by atoms with E-state index in [2.05, 4.69) is 10.3 Å². The molecule has 1 aliphatic rings. The third-order valence-corrected chi connectivity index (χ3v) is 2.18. The van der Waals surface area contributed by atoms with E-state index >= 15 is 0 Å². The molecule has 1 N–H and O–H groups in total. The average Bonchev–Trinajstić information content (AvgIpc) is 2.62. The molecule has 1 heterocycles. The van der Waals surface area contributed by atoms with Gasteiger partial charge in [-0.1, -0.05) is 0 Å². The van der Waals surface area contributed by atoms with E-state index in [1.165, 1.54) is 0 Å². The first kappa shape index (κ1) is 11.6. The summed E-state index contributed by atoms with van der Waals surface area (Å²) in [5.41, 5.74) is -1.48. The lowest BCUT2D eigenvalue weighted by Crippen LogP contribution is -2.27. The molecule has 0 saturated heterocycles. The maximum absolute atomic E-state index is 13.0. The van der Waals surface area contributed by atoms with E-state index in [0.717, 1.165) is 0 Å². The molecule has 7 heteroatoms. The third-order valence-electron chi connectivity index (χ3n) is 2.18. The van der Waals surface area contributed by atoms with E-state index in [9.17, 15) is 22.4 Å². The minimum absolute atomic E-state index is 0.247. The summed E-state index contributed by atoms with van der Waals surface area (Å²) < 4.78 is 50.9. The number of nitrogens with zero attached hydrogens (tertiary/aromatic N) is 1. The van der Waals surface area contributed by atoms with Crippen LogP contribution in [0.15, 0.2) is 23.2 Å². The Bertz CT molecular complexity index is 508. The summed E-state index contributed by atoms with van der Waals surface area (Å²) in [6.07, 6.45) is -4.63. The Morgan fingerprint density at radius 1 is 1.29 bits per heavy atom. The van der Waals surface area contributed by atoms with E-state index in [0.29, 0.717) is 18.2 Å². The Labute approximate surface area is 93.2 Å². The zero-order chi connectivity index (χ0) is 12.6. The van der Waals surface area contributed by atoms with Gasteiger partial charge in [0.15, 0.2) is 0 Å². The number of amides is 1. The molecule has 1 aliphatic heterocycles. The number of nitrogens with one attached hydrogen (secondary N) is 1. The van der Waals surface area contributed by atoms with Crippen LogP contribution in [0.4, 0.5) is 17.6 Å². The number of carbonyl (C=O) groups excluding carboxylic acids is 1. The molecule has 0 aromatic heterocycles. The Balaban J connectivity index is 2.52. The summed E-state index contributed by atoms with van der Waals surface area (Å²) in [5.74, 6) is -1.59. The molecule has 0 atom stereocenters. The van der Waals surface area contributed by atoms with Crippen LogP contribution < -0.4 is 5.32 Å². The van der Waals surface area contributed by atoms with Gasteiger partial charge >= 0.3 is 6.18 Å². The zero-order valence-corrected chi connectivity index (χ0v) is 8.31. The third kappa shape index (κ3) is 2.27. The van der Waals surface area contributed by atoms with E-state index in [4.69, 9.17) is 0 Å². The number of hydrogen-bond donors (Lipinski definition) is 1. The molecule has 0 aliphatic carbocycles. The van der Waals surface area contributed by atoms with Gasteiger partial charge in [-0.05, 0) is 18.2 Å². The van der Waals surface area contributed by atoms with Crippen molar-refractivity contribution in [1.82, 2.24) is 5.32 Å². The van der Waals surface area contributed by atoms with Gasteiger partial charge in [-0.25, -0.2) is 4.39 Å². The maximum Gasteiger partial charge on any atom is 0.417 e. The molecule has 1 aromatic rings. The topological polar surface area (TPSA) is 41.5 Å². The molecule has 1 amide bonds. The molecule has 0 radical (unpaired) electrons. The monoisotopic (exact) mass is 246 g/mol. The molecule has 17 heavy (non-hydrogen) atoms. The van der Waals surface area contributed by atoms with Crippen LogP contribution in [0.5, 0.6) is 0 Å². The molecule has 0 saturated carbocycles. The predicted octanol–water partition coefficient (Wildman–Crippen LogP) is 1.72. The van der Waals surface area contributed by atoms with Gasteiger partial charge in [0.25, 0.3) is 0 Å². The van der Waals surface area contributed by atoms with Gasteiger partial charge < -0.3 is 5.32 Å². The van der Waals surface area contributed by atoms with Crippen LogP contribution in [-0.4, -0.2) is 18.3 Å². The van der Waals surface area contributed by atoms with Crippen LogP contribution in [0.25, 0.3) is 0 Å². The van der Waals surface area contributed by atoms with Crippen molar-refractivity contribution in [1.29, 1.82) is 0 Å². The fourth-order valence-corrected chi connectivity index (χ4v) is 1.47. The quantitative estimate of drug-likeness (QED) is 0.753. The standard InChI is InChI=1S/C10H6F4N2O/c11-5-1-2-7(10(12,13)14)6(3-5)9-15-4-8(17)16-9/h1-3H,4H2,(H,15,16,17). The predicted molar refractivity (Wildman–Crippen MR) is 50.9 cm³/mol. The fourth-order valence-electron chi connectivity index (χ4n) is 1.47. The minimum Gasteiger partial charge on any atom is -0.309 e. The zero-order valence-electron chi connectivity index (χ0n) is 8.31. The number of carbonyl (C=O) groups is 1. The lowest BCUT2D eigenvalue weighted by Gasteiger charge is -2.12. The largest absolute Gasteiger partial charge is 0.417 e. The summed E-state index contributed by atoms with van der Waals surface area (Å²) in [5, 5.41) is 2.15. The molecule has 1 aromatic carbocycles. The number of aliphatic imine (C=N–C) groups is 1. The number of halogens is 4. The normalized spacial score (nSPS) is 15.8.